The number of nitro groups is 1. The zero-order valence-electron chi connectivity index (χ0n) is 11.1. The summed E-state index contributed by atoms with van der Waals surface area (Å²) in [6.45, 7) is 4.12. The minimum absolute atomic E-state index is 0.129. The molecule has 2 heterocycles. The quantitative estimate of drug-likeness (QED) is 0.664. The van der Waals surface area contributed by atoms with Gasteiger partial charge in [0.2, 0.25) is 0 Å². The fraction of sp³-hybridized carbons (Fsp3) is 0.333. The summed E-state index contributed by atoms with van der Waals surface area (Å²) in [7, 11) is 0. The van der Waals surface area contributed by atoms with E-state index < -0.39 is 10.9 Å². The highest BCUT2D eigenvalue weighted by Crippen LogP contribution is 2.18. The first-order valence-corrected chi connectivity index (χ1v) is 6.00. The maximum Gasteiger partial charge on any atom is 0.352 e. The Hall–Kier alpha value is -2.64. The summed E-state index contributed by atoms with van der Waals surface area (Å²) in [5.74, 6) is -1.21. The lowest BCUT2D eigenvalue weighted by atomic mass is 10.4. The fourth-order valence-electron chi connectivity index (χ4n) is 1.83. The Bertz CT molecular complexity index is 656. The Morgan fingerprint density at radius 3 is 2.75 bits per heavy atom. The van der Waals surface area contributed by atoms with Gasteiger partial charge in [-0.1, -0.05) is 0 Å². The average molecular weight is 278 g/mol. The maximum atomic E-state index is 11.1. The van der Waals surface area contributed by atoms with E-state index >= 15 is 0 Å². The molecule has 0 saturated heterocycles. The lowest BCUT2D eigenvalue weighted by Crippen LogP contribution is -2.09. The van der Waals surface area contributed by atoms with Crippen molar-refractivity contribution >= 4 is 11.7 Å². The number of rotatable bonds is 5. The summed E-state index contributed by atoms with van der Waals surface area (Å²) in [6.07, 6.45) is 3.00. The van der Waals surface area contributed by atoms with Crippen molar-refractivity contribution in [3.8, 4) is 0 Å². The van der Waals surface area contributed by atoms with Crippen LogP contribution in [0.4, 0.5) is 5.69 Å². The van der Waals surface area contributed by atoms with Crippen LogP contribution in [-0.4, -0.2) is 30.3 Å². The number of hydrogen-bond donors (Lipinski definition) is 1. The molecule has 0 bridgehead atoms. The molecular formula is C12H14N4O4. The van der Waals surface area contributed by atoms with Crippen molar-refractivity contribution in [2.75, 3.05) is 0 Å². The van der Waals surface area contributed by atoms with E-state index in [4.69, 9.17) is 5.11 Å². The van der Waals surface area contributed by atoms with Gasteiger partial charge in [0.1, 0.15) is 5.69 Å². The molecule has 2 aromatic heterocycles. The molecule has 0 saturated carbocycles. The van der Waals surface area contributed by atoms with E-state index in [9.17, 15) is 14.9 Å². The van der Waals surface area contributed by atoms with Crippen LogP contribution in [-0.2, 0) is 6.54 Å². The van der Waals surface area contributed by atoms with Gasteiger partial charge in [-0.3, -0.25) is 14.8 Å². The topological polar surface area (TPSA) is 103 Å². The van der Waals surface area contributed by atoms with Crippen LogP contribution in [0.2, 0.25) is 0 Å². The summed E-state index contributed by atoms with van der Waals surface area (Å²) in [4.78, 5) is 21.2. The van der Waals surface area contributed by atoms with Crippen LogP contribution in [0.1, 0.15) is 36.1 Å². The first-order chi connectivity index (χ1) is 9.38. The van der Waals surface area contributed by atoms with Crippen molar-refractivity contribution in [1.29, 1.82) is 0 Å². The van der Waals surface area contributed by atoms with Crippen molar-refractivity contribution in [3.05, 3.63) is 46.0 Å². The van der Waals surface area contributed by atoms with Gasteiger partial charge >= 0.3 is 5.97 Å². The van der Waals surface area contributed by atoms with E-state index in [0.29, 0.717) is 5.69 Å². The van der Waals surface area contributed by atoms with E-state index in [0.717, 1.165) is 6.07 Å². The smallest absolute Gasteiger partial charge is 0.352 e. The van der Waals surface area contributed by atoms with Crippen LogP contribution in [0.5, 0.6) is 0 Å². The van der Waals surface area contributed by atoms with Crippen molar-refractivity contribution in [1.82, 2.24) is 14.3 Å². The minimum Gasteiger partial charge on any atom is -0.477 e. The molecule has 0 aliphatic heterocycles. The van der Waals surface area contributed by atoms with E-state index in [1.165, 1.54) is 10.8 Å². The molecule has 0 aromatic carbocycles. The molecule has 0 spiro atoms. The van der Waals surface area contributed by atoms with Crippen LogP contribution in [0.15, 0.2) is 24.5 Å². The maximum absolute atomic E-state index is 11.1. The van der Waals surface area contributed by atoms with Gasteiger partial charge in [-0.05, 0) is 19.9 Å². The molecule has 0 atom stereocenters. The van der Waals surface area contributed by atoms with Crippen LogP contribution < -0.4 is 0 Å². The molecule has 106 valence electrons. The van der Waals surface area contributed by atoms with Crippen LogP contribution in [0.25, 0.3) is 0 Å². The molecule has 8 heteroatoms. The van der Waals surface area contributed by atoms with Gasteiger partial charge in [0.05, 0.1) is 23.4 Å². The molecule has 20 heavy (non-hydrogen) atoms. The van der Waals surface area contributed by atoms with Crippen LogP contribution in [0, 0.1) is 10.1 Å². The fourth-order valence-corrected chi connectivity index (χ4v) is 1.83. The first kappa shape index (κ1) is 13.8. The first-order valence-electron chi connectivity index (χ1n) is 6.00. The van der Waals surface area contributed by atoms with Crippen LogP contribution >= 0.6 is 0 Å². The highest BCUT2D eigenvalue weighted by atomic mass is 16.6. The van der Waals surface area contributed by atoms with Gasteiger partial charge in [0.25, 0.3) is 5.69 Å². The minimum atomic E-state index is -1.21. The molecule has 1 N–H and O–H groups in total. The van der Waals surface area contributed by atoms with E-state index in [1.54, 1.807) is 16.9 Å². The van der Waals surface area contributed by atoms with Gasteiger partial charge in [-0.25, -0.2) is 4.79 Å². The Morgan fingerprint density at radius 2 is 2.25 bits per heavy atom. The van der Waals surface area contributed by atoms with Gasteiger partial charge in [0.15, 0.2) is 0 Å². The van der Waals surface area contributed by atoms with Crippen molar-refractivity contribution in [3.63, 3.8) is 0 Å². The second kappa shape index (κ2) is 5.16. The molecule has 0 amide bonds. The zero-order chi connectivity index (χ0) is 14.9. The number of nitrogens with zero attached hydrogens (tertiary/aromatic N) is 4. The number of aromatic nitrogens is 3. The largest absolute Gasteiger partial charge is 0.477 e. The molecule has 0 radical (unpaired) electrons. The lowest BCUT2D eigenvalue weighted by molar-refractivity contribution is -0.384. The van der Waals surface area contributed by atoms with E-state index in [2.05, 4.69) is 5.10 Å². The molecular weight excluding hydrogens is 264 g/mol. The average Bonchev–Trinajstić information content (AvgIpc) is 2.96. The predicted octanol–water partition coefficient (Wildman–Crippen LogP) is 1.92. The number of aromatic carboxylic acids is 1. The Morgan fingerprint density at radius 1 is 1.55 bits per heavy atom. The summed E-state index contributed by atoms with van der Waals surface area (Å²) in [5, 5.41) is 24.1. The zero-order valence-corrected chi connectivity index (χ0v) is 11.1. The van der Waals surface area contributed by atoms with E-state index in [1.807, 2.05) is 13.8 Å². The number of carboxylic acids is 1. The summed E-state index contributed by atoms with van der Waals surface area (Å²) < 4.78 is 3.06. The van der Waals surface area contributed by atoms with Gasteiger partial charge in [-0.15, -0.1) is 0 Å². The Labute approximate surface area is 114 Å². The molecule has 2 rings (SSSR count). The normalized spacial score (nSPS) is 10.9. The van der Waals surface area contributed by atoms with Gasteiger partial charge in [-0.2, -0.15) is 5.10 Å². The monoisotopic (exact) mass is 278 g/mol. The second-order valence-electron chi connectivity index (χ2n) is 4.65. The summed E-state index contributed by atoms with van der Waals surface area (Å²) in [5.41, 5.74) is 0.271. The Kier molecular flexibility index (Phi) is 3.55. The SMILES string of the molecule is CC(C)n1ccc(Cn2cc([N+](=O)[O-])cc2C(=O)O)n1. The lowest BCUT2D eigenvalue weighted by Gasteiger charge is -2.05. The molecule has 0 unspecified atom stereocenters. The highest BCUT2D eigenvalue weighted by Gasteiger charge is 2.19. The molecule has 8 nitrogen and oxygen atoms in total. The van der Waals surface area contributed by atoms with Crippen molar-refractivity contribution < 1.29 is 14.8 Å². The third-order valence-electron chi connectivity index (χ3n) is 2.84. The summed E-state index contributed by atoms with van der Waals surface area (Å²) in [6, 6.07) is 3.00. The molecule has 0 fully saturated rings. The molecule has 0 aliphatic rings. The predicted molar refractivity (Wildman–Crippen MR) is 69.8 cm³/mol. The van der Waals surface area contributed by atoms with Crippen molar-refractivity contribution in [2.24, 2.45) is 0 Å². The third-order valence-corrected chi connectivity index (χ3v) is 2.84. The number of carbonyl (C=O) groups is 1. The molecule has 0 aliphatic carbocycles. The van der Waals surface area contributed by atoms with Gasteiger partial charge in [0, 0.05) is 18.3 Å². The number of carboxylic acid groups (broad SMARTS) is 1. The molecule has 2 aromatic rings. The number of hydrogen-bond acceptors (Lipinski definition) is 4. The third kappa shape index (κ3) is 2.68. The van der Waals surface area contributed by atoms with E-state index in [-0.39, 0.29) is 24.0 Å². The van der Waals surface area contributed by atoms with Crippen molar-refractivity contribution in [2.45, 2.75) is 26.4 Å². The Balaban J connectivity index is 2.31. The van der Waals surface area contributed by atoms with Gasteiger partial charge < -0.3 is 9.67 Å². The second-order valence-corrected chi connectivity index (χ2v) is 4.65. The summed E-state index contributed by atoms with van der Waals surface area (Å²) >= 11 is 0. The highest BCUT2D eigenvalue weighted by molar-refractivity contribution is 5.86. The van der Waals surface area contributed by atoms with Crippen LogP contribution in [0.3, 0.4) is 0 Å². The standard InChI is InChI=1S/C12H14N4O4/c1-8(2)15-4-3-9(13-15)6-14-7-10(16(19)20)5-11(14)12(17)18/h3-5,7-8H,6H2,1-2H3,(H,17,18).